The maximum Gasteiger partial charge on any atom is 0.407 e. The van der Waals surface area contributed by atoms with Crippen molar-refractivity contribution in [1.29, 1.82) is 0 Å². The number of amides is 5. The molecule has 5 amide bonds. The van der Waals surface area contributed by atoms with Crippen LogP contribution in [0.25, 0.3) is 16.9 Å². The van der Waals surface area contributed by atoms with Gasteiger partial charge in [-0.3, -0.25) is 24.1 Å². The standard InChI is InChI=1S/C66H69N17O16S/c67-24-3-1-6-50(61(93)94)83(53(86)22-21-49(60(91)92)77-57(88)36-7-11-37(12-8-36)73-32-40-33-74-55-54(75-40)58(89)79-63(69)78-55)59(90)48(68)5-2-4-25-70-56(87)35-9-14-41(15-10-35)82-34-39(80-81-82)23-28-97-65(96)72-27-26-71-64(100)76-38-13-18-45-44(29-38)62(95)99-66(45)46-19-16-42(84)30-51(46)98-52-31-43(85)17-20-47(52)66/h7-20,29-31,33-34,48-50,73,84-85H,1-6,21-28,32,67-68H2,(H,70,87)(H,72,96)(H,77,88)(H,91,92)(H,93,94)(H2,71,76,100)(H3,69,74,78,79,89)/t48-,49-,50+/m0/s1. The molecule has 0 saturated carbocycles. The number of carbonyl (C=O) groups is 8. The third-order valence-electron chi connectivity index (χ3n) is 16.1. The van der Waals surface area contributed by atoms with Gasteiger partial charge >= 0.3 is 24.0 Å². The number of imide groups is 1. The number of hydrogen-bond acceptors (Lipinski definition) is 25. The third-order valence-corrected chi connectivity index (χ3v) is 16.4. The average Bonchev–Trinajstić information content (AvgIpc) is 1.49. The number of fused-ring (bicyclic) bond motifs is 7. The summed E-state index contributed by atoms with van der Waals surface area (Å²) in [6.45, 7) is 0.847. The van der Waals surface area contributed by atoms with Gasteiger partial charge in [-0.2, -0.15) is 9.97 Å². The van der Waals surface area contributed by atoms with Crippen LogP contribution in [0.2, 0.25) is 0 Å². The fourth-order valence-electron chi connectivity index (χ4n) is 11.1. The number of nitrogen functional groups attached to an aromatic ring is 1. The van der Waals surface area contributed by atoms with Gasteiger partial charge in [-0.25, -0.2) is 33.8 Å². The van der Waals surface area contributed by atoms with Crippen molar-refractivity contribution in [2.45, 2.75) is 88.1 Å². The van der Waals surface area contributed by atoms with E-state index < -0.39 is 90.1 Å². The summed E-state index contributed by atoms with van der Waals surface area (Å²) in [5, 5.41) is 76.3. The monoisotopic (exact) mass is 1390 g/mol. The van der Waals surface area contributed by atoms with Gasteiger partial charge in [0, 0.05) is 83.8 Å². The van der Waals surface area contributed by atoms with Gasteiger partial charge in [-0.15, -0.1) is 5.10 Å². The van der Waals surface area contributed by atoms with Crippen LogP contribution in [-0.4, -0.2) is 169 Å². The number of alkyl carbamates (subject to hydrolysis) is 1. The lowest BCUT2D eigenvalue weighted by molar-refractivity contribution is -0.159. The normalized spacial score (nSPS) is 13.2. The van der Waals surface area contributed by atoms with Crippen molar-refractivity contribution in [3.63, 3.8) is 0 Å². The quantitative estimate of drug-likeness (QED) is 0.0172. The largest absolute Gasteiger partial charge is 0.508 e. The number of carboxylic acids is 2. The summed E-state index contributed by atoms with van der Waals surface area (Å²) in [4.78, 5) is 122. The number of phenols is 2. The first kappa shape index (κ1) is 70.6. The molecular formula is C66H69N17O16S. The summed E-state index contributed by atoms with van der Waals surface area (Å²) in [5.41, 5.74) is 20.9. The first-order chi connectivity index (χ1) is 48.1. The van der Waals surface area contributed by atoms with E-state index in [1.807, 2.05) is 0 Å². The predicted octanol–water partition coefficient (Wildman–Crippen LogP) is 3.96. The summed E-state index contributed by atoms with van der Waals surface area (Å²) in [6, 6.07) is 21.8. The summed E-state index contributed by atoms with van der Waals surface area (Å²) in [6.07, 6.45) is 2.51. The Hall–Kier alpha value is -12.2. The Morgan fingerprint density at radius 1 is 0.720 bits per heavy atom. The molecule has 2 aliphatic rings. The Morgan fingerprint density at radius 3 is 2.09 bits per heavy atom. The molecule has 5 heterocycles. The molecule has 520 valence electrons. The highest BCUT2D eigenvalue weighted by atomic mass is 32.1. The highest BCUT2D eigenvalue weighted by molar-refractivity contribution is 7.80. The van der Waals surface area contributed by atoms with Gasteiger partial charge < -0.3 is 88.8 Å². The van der Waals surface area contributed by atoms with Crippen molar-refractivity contribution >= 4 is 93.4 Å². The molecule has 0 saturated heterocycles. The third kappa shape index (κ3) is 16.8. The van der Waals surface area contributed by atoms with E-state index in [2.05, 4.69) is 62.1 Å². The summed E-state index contributed by atoms with van der Waals surface area (Å²) < 4.78 is 19.0. The van der Waals surface area contributed by atoms with Crippen LogP contribution in [-0.2, 0) is 47.2 Å². The molecule has 17 N–H and O–H groups in total. The fraction of sp³-hybridized carbons (Fsp3) is 0.288. The molecular weight excluding hydrogens is 1320 g/mol. The molecule has 0 unspecified atom stereocenters. The molecule has 1 spiro atoms. The van der Waals surface area contributed by atoms with E-state index >= 15 is 0 Å². The van der Waals surface area contributed by atoms with Crippen LogP contribution >= 0.6 is 12.2 Å². The van der Waals surface area contributed by atoms with E-state index in [1.54, 1.807) is 72.9 Å². The minimum atomic E-state index is -1.65. The zero-order valence-corrected chi connectivity index (χ0v) is 54.1. The molecule has 8 aromatic rings. The van der Waals surface area contributed by atoms with Crippen LogP contribution in [0.3, 0.4) is 0 Å². The fourth-order valence-corrected chi connectivity index (χ4v) is 11.4. The van der Waals surface area contributed by atoms with Crippen molar-refractivity contribution in [3.8, 4) is 34.6 Å². The number of ether oxygens (including phenoxy) is 3. The Labute approximate surface area is 573 Å². The van der Waals surface area contributed by atoms with Gasteiger partial charge in [0.15, 0.2) is 21.9 Å². The highest BCUT2D eigenvalue weighted by Crippen LogP contribution is 2.57. The first-order valence-corrected chi connectivity index (χ1v) is 31.9. The SMILES string of the molecule is NCCCC[C@H](C(=O)O)N(C(=O)CC[C@H](NC(=O)c1ccc(NCc2cnc3nc(N)nc(O)c3n2)cc1)C(=O)O)C(=O)[C@@H](N)CCCCNC(=O)c1ccc(-n2cc(CCOC(=O)NCCNC(=S)Nc3ccc4c(c3)C(=O)OC43c4ccc(O)cc4Oc4cc(O)ccc43)nn2)cc1. The number of aromatic hydroxyl groups is 3. The number of benzene rings is 5. The minimum Gasteiger partial charge on any atom is -0.508 e. The molecule has 34 heteroatoms. The molecule has 2 aliphatic heterocycles. The Kier molecular flexibility index (Phi) is 22.5. The number of hydrogen-bond donors (Lipinski definition) is 14. The average molecular weight is 1390 g/mol. The van der Waals surface area contributed by atoms with Crippen molar-refractivity contribution in [2.24, 2.45) is 11.5 Å². The second-order valence-corrected chi connectivity index (χ2v) is 23.5. The molecule has 0 bridgehead atoms. The number of anilines is 3. The van der Waals surface area contributed by atoms with E-state index in [1.165, 1.54) is 47.3 Å². The van der Waals surface area contributed by atoms with Crippen molar-refractivity contribution in [2.75, 3.05) is 49.2 Å². The molecule has 10 rings (SSSR count). The molecule has 0 radical (unpaired) electrons. The summed E-state index contributed by atoms with van der Waals surface area (Å²) in [5.74, 6) is -7.02. The molecule has 5 aromatic carbocycles. The Balaban J connectivity index is 0.622. The maximum absolute atomic E-state index is 13.9. The minimum absolute atomic E-state index is 0.0109. The number of phenolic OH excluding ortho intramolecular Hbond substituents is 2. The zero-order valence-electron chi connectivity index (χ0n) is 53.3. The van der Waals surface area contributed by atoms with E-state index in [0.29, 0.717) is 68.4 Å². The number of thiocarbonyl (C=S) groups is 1. The van der Waals surface area contributed by atoms with Crippen LogP contribution in [0, 0.1) is 0 Å². The van der Waals surface area contributed by atoms with Gasteiger partial charge in [0.2, 0.25) is 23.6 Å². The van der Waals surface area contributed by atoms with Gasteiger partial charge in [0.1, 0.15) is 35.1 Å². The Bertz CT molecular complexity index is 4380. The molecule has 0 fully saturated rings. The lowest BCUT2D eigenvalue weighted by Gasteiger charge is -2.36. The van der Waals surface area contributed by atoms with Gasteiger partial charge in [0.25, 0.3) is 11.8 Å². The van der Waals surface area contributed by atoms with Crippen LogP contribution in [0.1, 0.15) is 111 Å². The molecule has 3 atom stereocenters. The number of rotatable bonds is 30. The van der Waals surface area contributed by atoms with Crippen LogP contribution < -0.4 is 53.8 Å². The first-order valence-electron chi connectivity index (χ1n) is 31.5. The summed E-state index contributed by atoms with van der Waals surface area (Å²) >= 11 is 5.47. The number of esters is 1. The highest BCUT2D eigenvalue weighted by Gasteiger charge is 2.54. The van der Waals surface area contributed by atoms with E-state index in [4.69, 9.17) is 43.6 Å². The maximum atomic E-state index is 13.9. The number of carbonyl (C=O) groups excluding carboxylic acids is 6. The number of aromatic nitrogens is 7. The number of carboxylic acid groups (broad SMARTS) is 2. The van der Waals surface area contributed by atoms with Crippen LogP contribution in [0.15, 0.2) is 116 Å². The summed E-state index contributed by atoms with van der Waals surface area (Å²) in [7, 11) is 0. The second kappa shape index (κ2) is 31.8. The second-order valence-electron chi connectivity index (χ2n) is 23.1. The van der Waals surface area contributed by atoms with Gasteiger partial charge in [-0.1, -0.05) is 11.3 Å². The predicted molar refractivity (Wildman–Crippen MR) is 360 cm³/mol. The van der Waals surface area contributed by atoms with Crippen molar-refractivity contribution in [3.05, 3.63) is 160 Å². The molecule has 0 aliphatic carbocycles. The lowest BCUT2D eigenvalue weighted by atomic mass is 9.77. The smallest absolute Gasteiger partial charge is 0.407 e. The molecule has 33 nitrogen and oxygen atoms in total. The topological polar surface area (TPSA) is 501 Å². The van der Waals surface area contributed by atoms with Crippen molar-refractivity contribution < 1.29 is 78.1 Å². The number of nitrogens with zero attached hydrogens (tertiary/aromatic N) is 8. The number of nitrogens with two attached hydrogens (primary N) is 3. The number of nitrogens with one attached hydrogen (secondary N) is 6. The van der Waals surface area contributed by atoms with Gasteiger partial charge in [0.05, 0.1) is 54.2 Å². The van der Waals surface area contributed by atoms with Gasteiger partial charge in [-0.05, 0) is 149 Å². The zero-order chi connectivity index (χ0) is 71.2. The lowest BCUT2D eigenvalue weighted by Crippen LogP contribution is -2.54. The van der Waals surface area contributed by atoms with E-state index in [9.17, 15) is 63.9 Å². The van der Waals surface area contributed by atoms with E-state index in [-0.39, 0.29) is 128 Å². The van der Waals surface area contributed by atoms with Crippen LogP contribution in [0.5, 0.6) is 28.9 Å². The van der Waals surface area contributed by atoms with Crippen LogP contribution in [0.4, 0.5) is 22.1 Å². The molecule has 100 heavy (non-hydrogen) atoms. The number of unbranched alkanes of at least 4 members (excludes halogenated alkanes) is 2. The number of aliphatic carboxylic acids is 2. The molecule has 3 aromatic heterocycles. The van der Waals surface area contributed by atoms with E-state index in [0.717, 1.165) is 0 Å². The van der Waals surface area contributed by atoms with Crippen molar-refractivity contribution in [1.82, 2.24) is 61.1 Å². The Morgan fingerprint density at radius 2 is 1.39 bits per heavy atom.